The third-order valence-corrected chi connectivity index (χ3v) is 13.1. The van der Waals surface area contributed by atoms with Gasteiger partial charge in [0, 0.05) is 33.1 Å². The normalized spacial score (nSPS) is 13.1. The number of phenols is 1. The fourth-order valence-corrected chi connectivity index (χ4v) is 9.21. The molecule has 324 valence electrons. The number of hydrogen-bond donors (Lipinski definition) is 6. The van der Waals surface area contributed by atoms with Crippen molar-refractivity contribution >= 4 is 124 Å². The SMILES string of the molecule is Nc1cc2c(O)c(N=Nc3ccc(N=Nc4ccc(N=Nc5ccc6c(S(=O)(=O)O)cccc6c5)c5ncccc45)c4ccc(S(=O)(=O)O)cc34)c(S(=O)(=O)O)cc2cc1S(=O)(=O)O. The monoisotopic (exact) mass is 942 g/mol. The number of phenolic OH excluding ortho intramolecular Hbond substituents is 1. The summed E-state index contributed by atoms with van der Waals surface area (Å²) < 4.78 is 136. The van der Waals surface area contributed by atoms with Gasteiger partial charge in [0.15, 0.2) is 5.75 Å². The summed E-state index contributed by atoms with van der Waals surface area (Å²) in [7, 11) is -19.4. The highest BCUT2D eigenvalue weighted by Gasteiger charge is 2.25. The van der Waals surface area contributed by atoms with E-state index >= 15 is 0 Å². The fourth-order valence-electron chi connectivity index (χ4n) is 6.70. The van der Waals surface area contributed by atoms with Crippen molar-refractivity contribution in [3.8, 4) is 5.75 Å². The Morgan fingerprint density at radius 3 is 1.72 bits per heavy atom. The Morgan fingerprint density at radius 2 is 1.05 bits per heavy atom. The number of anilines is 1. The second-order valence-corrected chi connectivity index (χ2v) is 19.3. The number of aromatic hydroxyl groups is 1. The molecule has 1 heterocycles. The molecule has 0 spiro atoms. The highest BCUT2D eigenvalue weighted by molar-refractivity contribution is 7.86. The van der Waals surface area contributed by atoms with Crippen molar-refractivity contribution in [2.24, 2.45) is 30.7 Å². The minimum absolute atomic E-state index is 0.0174. The molecule has 7 aromatic carbocycles. The van der Waals surface area contributed by atoms with Gasteiger partial charge in [0.2, 0.25) is 0 Å². The second-order valence-electron chi connectivity index (χ2n) is 13.7. The van der Waals surface area contributed by atoms with Crippen molar-refractivity contribution < 1.29 is 57.0 Å². The van der Waals surface area contributed by atoms with Crippen LogP contribution in [0.2, 0.25) is 0 Å². The molecule has 0 aliphatic rings. The Balaban J connectivity index is 1.18. The van der Waals surface area contributed by atoms with Crippen LogP contribution in [0.15, 0.2) is 166 Å². The number of azo groups is 3. The third-order valence-electron chi connectivity index (χ3n) is 9.60. The van der Waals surface area contributed by atoms with Gasteiger partial charge in [0.05, 0.1) is 38.8 Å². The first kappa shape index (κ1) is 43.4. The molecule has 7 N–H and O–H groups in total. The summed E-state index contributed by atoms with van der Waals surface area (Å²) in [6.07, 6.45) is 1.52. The van der Waals surface area contributed by atoms with Crippen LogP contribution in [0.3, 0.4) is 0 Å². The van der Waals surface area contributed by atoms with E-state index in [1.165, 1.54) is 48.7 Å². The maximum absolute atomic E-state index is 12.5. The minimum Gasteiger partial charge on any atom is -0.505 e. The average Bonchev–Trinajstić information content (AvgIpc) is 3.23. The van der Waals surface area contributed by atoms with Gasteiger partial charge in [-0.2, -0.15) is 38.8 Å². The predicted octanol–water partition coefficient (Wildman–Crippen LogP) is 9.22. The van der Waals surface area contributed by atoms with E-state index in [1.54, 1.807) is 36.4 Å². The van der Waals surface area contributed by atoms with Crippen LogP contribution in [-0.2, 0) is 40.5 Å². The van der Waals surface area contributed by atoms with E-state index in [1.807, 2.05) is 0 Å². The molecule has 0 atom stereocenters. The van der Waals surface area contributed by atoms with Gasteiger partial charge in [0.1, 0.15) is 26.1 Å². The maximum Gasteiger partial charge on any atom is 0.296 e. The number of hydrogen-bond acceptors (Lipinski definition) is 17. The summed E-state index contributed by atoms with van der Waals surface area (Å²) in [6, 6.07) is 24.1. The predicted molar refractivity (Wildman–Crippen MR) is 231 cm³/mol. The number of nitrogen functional groups attached to an aromatic ring is 1. The van der Waals surface area contributed by atoms with Crippen LogP contribution >= 0.6 is 0 Å². The Labute approximate surface area is 361 Å². The number of pyridine rings is 1. The average molecular weight is 943 g/mol. The topological polar surface area (TPSA) is 351 Å². The van der Waals surface area contributed by atoms with Gasteiger partial charge < -0.3 is 10.8 Å². The number of rotatable bonds is 10. The molecule has 21 nitrogen and oxygen atoms in total. The lowest BCUT2D eigenvalue weighted by Crippen LogP contribution is -2.04. The first-order chi connectivity index (χ1) is 30.1. The standard InChI is InChI=1S/C39H26N8O13S4/c40-29-19-27-21(16-35(29)63(55,56)57)17-36(64(58,59)60)38(39(27)48)47-45-32-11-10-30(25-9-7-23(18-28(25)32)61(49,50)51)43-44-31-12-13-33(37-26(31)4-2-14-41-37)46-42-22-6-8-24-20(15-22)3-1-5-34(24)62(52,53)54/h1-19,48H,40H2,(H,49,50,51)(H,52,53,54)(H,55,56,57)(H,58,59,60). The molecule has 8 rings (SSSR count). The van der Waals surface area contributed by atoms with Crippen molar-refractivity contribution in [1.82, 2.24) is 4.98 Å². The van der Waals surface area contributed by atoms with Crippen molar-refractivity contribution in [2.45, 2.75) is 19.6 Å². The smallest absolute Gasteiger partial charge is 0.296 e. The molecule has 0 aliphatic carbocycles. The molecule has 8 aromatic rings. The summed E-state index contributed by atoms with van der Waals surface area (Å²) in [5.41, 5.74) is 5.80. The Hall–Kier alpha value is -7.23. The molecule has 0 amide bonds. The lowest BCUT2D eigenvalue weighted by atomic mass is 10.1. The molecule has 0 saturated heterocycles. The van der Waals surface area contributed by atoms with Crippen LogP contribution in [0, 0.1) is 0 Å². The van der Waals surface area contributed by atoms with Crippen LogP contribution in [0.4, 0.5) is 39.8 Å². The van der Waals surface area contributed by atoms with Crippen LogP contribution < -0.4 is 5.73 Å². The molecule has 64 heavy (non-hydrogen) atoms. The molecule has 0 aliphatic heterocycles. The molecule has 1 aromatic heterocycles. The van der Waals surface area contributed by atoms with Gasteiger partial charge in [-0.1, -0.05) is 24.3 Å². The first-order valence-corrected chi connectivity index (χ1v) is 23.6. The second kappa shape index (κ2) is 15.8. The number of benzene rings is 7. The van der Waals surface area contributed by atoms with Crippen molar-refractivity contribution in [3.63, 3.8) is 0 Å². The van der Waals surface area contributed by atoms with Crippen molar-refractivity contribution in [2.75, 3.05) is 5.73 Å². The molecule has 0 unspecified atom stereocenters. The Bertz CT molecular complexity index is 3890. The zero-order valence-corrected chi connectivity index (χ0v) is 35.1. The van der Waals surface area contributed by atoms with Gasteiger partial charge in [-0.15, -0.1) is 25.6 Å². The lowest BCUT2D eigenvalue weighted by Gasteiger charge is -2.11. The largest absolute Gasteiger partial charge is 0.505 e. The van der Waals surface area contributed by atoms with E-state index in [0.717, 1.165) is 30.3 Å². The highest BCUT2D eigenvalue weighted by atomic mass is 32.2. The Morgan fingerprint density at radius 1 is 0.453 bits per heavy atom. The number of fused-ring (bicyclic) bond motifs is 4. The van der Waals surface area contributed by atoms with Gasteiger partial charge in [0.25, 0.3) is 40.5 Å². The summed E-state index contributed by atoms with van der Waals surface area (Å²) in [5, 5.41) is 37.4. The maximum atomic E-state index is 12.5. The van der Waals surface area contributed by atoms with Gasteiger partial charge in [-0.05, 0) is 95.7 Å². The van der Waals surface area contributed by atoms with Gasteiger partial charge in [-0.25, -0.2) is 0 Å². The molecular weight excluding hydrogens is 917 g/mol. The quantitative estimate of drug-likeness (QED) is 0.0422. The summed E-state index contributed by atoms with van der Waals surface area (Å²) in [5.74, 6) is -0.921. The van der Waals surface area contributed by atoms with E-state index in [9.17, 15) is 57.0 Å². The number of aromatic nitrogens is 1. The first-order valence-electron chi connectivity index (χ1n) is 17.8. The Kier molecular flexibility index (Phi) is 10.7. The van der Waals surface area contributed by atoms with Gasteiger partial charge in [-0.3, -0.25) is 23.2 Å². The minimum atomic E-state index is -5.20. The number of nitrogens with two attached hydrogens (primary N) is 1. The summed E-state index contributed by atoms with van der Waals surface area (Å²) >= 11 is 0. The van der Waals surface area contributed by atoms with Gasteiger partial charge >= 0.3 is 0 Å². The summed E-state index contributed by atoms with van der Waals surface area (Å²) in [4.78, 5) is 1.77. The summed E-state index contributed by atoms with van der Waals surface area (Å²) in [6.45, 7) is 0. The highest BCUT2D eigenvalue weighted by Crippen LogP contribution is 2.45. The molecule has 25 heteroatoms. The molecule has 0 bridgehead atoms. The van der Waals surface area contributed by atoms with E-state index in [0.29, 0.717) is 38.7 Å². The zero-order valence-electron chi connectivity index (χ0n) is 31.8. The molecular formula is C39H26N8O13S4. The fraction of sp³-hybridized carbons (Fsp3) is 0. The van der Waals surface area contributed by atoms with Crippen LogP contribution in [0.1, 0.15) is 0 Å². The molecule has 0 radical (unpaired) electrons. The lowest BCUT2D eigenvalue weighted by molar-refractivity contribution is 0.472. The third kappa shape index (κ3) is 8.47. The van der Waals surface area contributed by atoms with Crippen LogP contribution in [-0.4, -0.2) is 62.0 Å². The van der Waals surface area contributed by atoms with E-state index in [-0.39, 0.29) is 37.8 Å². The van der Waals surface area contributed by atoms with Crippen LogP contribution in [0.5, 0.6) is 5.75 Å². The van der Waals surface area contributed by atoms with E-state index in [4.69, 9.17) is 5.73 Å². The number of nitrogens with zero attached hydrogens (tertiary/aromatic N) is 7. The van der Waals surface area contributed by atoms with Crippen LogP contribution in [0.25, 0.3) is 43.2 Å². The molecule has 0 fully saturated rings. The molecule has 0 saturated carbocycles. The van der Waals surface area contributed by atoms with E-state index in [2.05, 4.69) is 35.7 Å². The zero-order chi connectivity index (χ0) is 45.9. The van der Waals surface area contributed by atoms with E-state index < -0.39 is 72.3 Å². The van der Waals surface area contributed by atoms with Crippen molar-refractivity contribution in [3.05, 3.63) is 115 Å². The van der Waals surface area contributed by atoms with Crippen molar-refractivity contribution in [1.29, 1.82) is 0 Å².